The van der Waals surface area contributed by atoms with Crippen LogP contribution in [0.2, 0.25) is 0 Å². The second kappa shape index (κ2) is 8.26. The van der Waals surface area contributed by atoms with Gasteiger partial charge in [-0.3, -0.25) is 0 Å². The summed E-state index contributed by atoms with van der Waals surface area (Å²) < 4.78 is 0. The maximum absolute atomic E-state index is 5.06. The van der Waals surface area contributed by atoms with Crippen molar-refractivity contribution in [2.45, 2.75) is 19.6 Å². The summed E-state index contributed by atoms with van der Waals surface area (Å²) in [5.74, 6) is 0. The third kappa shape index (κ3) is 3.35. The van der Waals surface area contributed by atoms with Gasteiger partial charge in [-0.1, -0.05) is 119 Å². The first-order valence-electron chi connectivity index (χ1n) is 13.2. The van der Waals surface area contributed by atoms with Crippen molar-refractivity contribution in [1.29, 1.82) is 0 Å². The topological polar surface area (TPSA) is 12.9 Å². The molecule has 7 aromatic rings. The van der Waals surface area contributed by atoms with Crippen molar-refractivity contribution in [2.75, 3.05) is 0 Å². The van der Waals surface area contributed by atoms with Gasteiger partial charge < -0.3 is 0 Å². The van der Waals surface area contributed by atoms with Gasteiger partial charge in [0.25, 0.3) is 0 Å². The monoisotopic (exact) mass is 529 g/mol. The molecule has 9 rings (SSSR count). The fourth-order valence-electron chi connectivity index (χ4n) is 6.25. The summed E-state index contributed by atoms with van der Waals surface area (Å²) in [6, 6.07) is 44.6. The zero-order chi connectivity index (χ0) is 25.5. The van der Waals surface area contributed by atoms with Gasteiger partial charge in [0, 0.05) is 30.5 Å². The van der Waals surface area contributed by atoms with Crippen LogP contribution in [-0.2, 0) is 0 Å². The van der Waals surface area contributed by atoms with Gasteiger partial charge in [-0.05, 0) is 63.4 Å². The molecular formula is C35H20BNS2. The molecule has 0 aliphatic carbocycles. The van der Waals surface area contributed by atoms with E-state index in [0.717, 1.165) is 11.2 Å². The van der Waals surface area contributed by atoms with Gasteiger partial charge in [0.1, 0.15) is 0 Å². The van der Waals surface area contributed by atoms with E-state index in [1.807, 2.05) is 23.5 Å². The molecule has 0 saturated carbocycles. The van der Waals surface area contributed by atoms with Crippen molar-refractivity contribution in [2.24, 2.45) is 0 Å². The molecule has 4 heteroatoms. The van der Waals surface area contributed by atoms with Crippen LogP contribution >= 0.6 is 23.5 Å². The minimum absolute atomic E-state index is 0.218. The molecule has 0 amide bonds. The van der Waals surface area contributed by atoms with E-state index in [-0.39, 0.29) is 6.71 Å². The minimum Gasteiger partial charge on any atom is -0.248 e. The Balaban J connectivity index is 1.32. The van der Waals surface area contributed by atoms with E-state index in [9.17, 15) is 0 Å². The van der Waals surface area contributed by atoms with E-state index in [4.69, 9.17) is 4.98 Å². The van der Waals surface area contributed by atoms with Crippen molar-refractivity contribution < 1.29 is 0 Å². The van der Waals surface area contributed by atoms with Crippen molar-refractivity contribution in [1.82, 2.24) is 4.98 Å². The maximum atomic E-state index is 5.06. The first kappa shape index (κ1) is 21.9. The lowest BCUT2D eigenvalue weighted by Crippen LogP contribution is -2.58. The van der Waals surface area contributed by atoms with E-state index < -0.39 is 0 Å². The molecule has 0 unspecified atom stereocenters. The van der Waals surface area contributed by atoms with E-state index in [1.54, 1.807) is 0 Å². The second-order valence-corrected chi connectivity index (χ2v) is 12.6. The maximum Gasteiger partial charge on any atom is 0.247 e. The molecule has 0 N–H and O–H groups in total. The third-order valence-corrected chi connectivity index (χ3v) is 10.4. The van der Waals surface area contributed by atoms with Gasteiger partial charge in [0.15, 0.2) is 0 Å². The molecule has 2 aliphatic heterocycles. The van der Waals surface area contributed by atoms with Gasteiger partial charge in [-0.15, -0.1) is 0 Å². The van der Waals surface area contributed by atoms with Crippen LogP contribution in [0.3, 0.4) is 0 Å². The van der Waals surface area contributed by atoms with Gasteiger partial charge >= 0.3 is 0 Å². The van der Waals surface area contributed by atoms with Crippen LogP contribution in [0.15, 0.2) is 141 Å². The average molecular weight is 529 g/mol. The fourth-order valence-corrected chi connectivity index (χ4v) is 8.79. The number of nitrogens with zero attached hydrogens (tertiary/aromatic N) is 1. The third-order valence-electron chi connectivity index (χ3n) is 8.11. The summed E-state index contributed by atoms with van der Waals surface area (Å²) in [4.78, 5) is 10.5. The number of hydrogen-bond donors (Lipinski definition) is 0. The highest BCUT2D eigenvalue weighted by atomic mass is 32.2. The molecule has 3 heterocycles. The number of fused-ring (bicyclic) bond motifs is 7. The van der Waals surface area contributed by atoms with Crippen LogP contribution in [0.25, 0.3) is 43.7 Å². The normalized spacial score (nSPS) is 13.4. The summed E-state index contributed by atoms with van der Waals surface area (Å²) in [7, 11) is 0. The molecule has 39 heavy (non-hydrogen) atoms. The van der Waals surface area contributed by atoms with E-state index in [1.165, 1.54) is 68.5 Å². The van der Waals surface area contributed by atoms with Crippen molar-refractivity contribution >= 4 is 79.1 Å². The zero-order valence-corrected chi connectivity index (χ0v) is 22.5. The Morgan fingerprint density at radius 3 is 1.56 bits per heavy atom. The summed E-state index contributed by atoms with van der Waals surface area (Å²) in [5, 5.41) is 6.37. The lowest BCUT2D eigenvalue weighted by Gasteiger charge is -2.33. The largest absolute Gasteiger partial charge is 0.248 e. The van der Waals surface area contributed by atoms with Gasteiger partial charge in [-0.25, -0.2) is 4.98 Å². The number of rotatable bonds is 1. The van der Waals surface area contributed by atoms with Crippen LogP contribution in [-0.4, -0.2) is 11.7 Å². The fraction of sp³-hybridized carbons (Fsp3) is 0. The SMILES string of the molecule is c1ccc2cc3c(cc2c1)Sc1cc(-c2ccc4ccccc4n2)cc2c1B3c1cc3ccccc3cc1S2. The molecule has 0 fully saturated rings. The Labute approximate surface area is 235 Å². The molecule has 180 valence electrons. The Kier molecular flexibility index (Phi) is 4.63. The van der Waals surface area contributed by atoms with E-state index >= 15 is 0 Å². The highest BCUT2D eigenvalue weighted by Gasteiger charge is 2.38. The van der Waals surface area contributed by atoms with E-state index in [0.29, 0.717) is 0 Å². The number of pyridine rings is 1. The van der Waals surface area contributed by atoms with Crippen LogP contribution in [0.4, 0.5) is 0 Å². The van der Waals surface area contributed by atoms with Crippen LogP contribution < -0.4 is 16.4 Å². The number of aromatic nitrogens is 1. The predicted octanol–water partition coefficient (Wildman–Crippen LogP) is 7.65. The van der Waals surface area contributed by atoms with Crippen LogP contribution in [0, 0.1) is 0 Å². The average Bonchev–Trinajstić information content (AvgIpc) is 2.98. The van der Waals surface area contributed by atoms with Crippen LogP contribution in [0.5, 0.6) is 0 Å². The molecule has 0 saturated heterocycles. The first-order valence-corrected chi connectivity index (χ1v) is 14.9. The Morgan fingerprint density at radius 2 is 0.974 bits per heavy atom. The number of hydrogen-bond acceptors (Lipinski definition) is 3. The van der Waals surface area contributed by atoms with Crippen molar-refractivity contribution in [3.8, 4) is 11.3 Å². The molecule has 2 aliphatic rings. The van der Waals surface area contributed by atoms with Crippen molar-refractivity contribution in [3.05, 3.63) is 121 Å². The van der Waals surface area contributed by atoms with Gasteiger partial charge in [0.05, 0.1) is 11.2 Å². The summed E-state index contributed by atoms with van der Waals surface area (Å²) in [6.45, 7) is 0.218. The predicted molar refractivity (Wildman–Crippen MR) is 168 cm³/mol. The summed E-state index contributed by atoms with van der Waals surface area (Å²) >= 11 is 3.83. The Bertz CT molecular complexity index is 2040. The summed E-state index contributed by atoms with van der Waals surface area (Å²) in [5.41, 5.74) is 7.52. The minimum atomic E-state index is 0.218. The molecular weight excluding hydrogens is 509 g/mol. The van der Waals surface area contributed by atoms with Gasteiger partial charge in [-0.2, -0.15) is 0 Å². The lowest BCUT2D eigenvalue weighted by molar-refractivity contribution is 1.31. The quantitative estimate of drug-likeness (QED) is 0.203. The standard InChI is InChI=1S/C35H20BNS2/c1-3-10-24-17-31-27(15-22(24)8-1)36-28-16-23-9-2-4-11-25(23)18-32(28)39-34-20-26(19-33(38-31)35(34)36)30-14-13-21-7-5-6-12-29(21)37-30/h1-20H. The number of para-hydroxylation sites is 1. The highest BCUT2D eigenvalue weighted by molar-refractivity contribution is 8.01. The number of benzene rings is 6. The van der Waals surface area contributed by atoms with Crippen molar-refractivity contribution in [3.63, 3.8) is 0 Å². The smallest absolute Gasteiger partial charge is 0.247 e. The Morgan fingerprint density at radius 1 is 0.462 bits per heavy atom. The molecule has 0 spiro atoms. The second-order valence-electron chi connectivity index (χ2n) is 10.4. The van der Waals surface area contributed by atoms with Gasteiger partial charge in [0.2, 0.25) is 6.71 Å². The summed E-state index contributed by atoms with van der Waals surface area (Å²) in [6.07, 6.45) is 0. The lowest BCUT2D eigenvalue weighted by atomic mass is 9.36. The molecule has 0 atom stereocenters. The zero-order valence-electron chi connectivity index (χ0n) is 20.9. The molecule has 0 bridgehead atoms. The Hall–Kier alpha value is -3.99. The molecule has 6 aromatic carbocycles. The highest BCUT2D eigenvalue weighted by Crippen LogP contribution is 2.42. The van der Waals surface area contributed by atoms with E-state index in [2.05, 4.69) is 121 Å². The molecule has 1 aromatic heterocycles. The van der Waals surface area contributed by atoms with Crippen LogP contribution in [0.1, 0.15) is 0 Å². The molecule has 0 radical (unpaired) electrons. The first-order chi connectivity index (χ1) is 19.3. The molecule has 1 nitrogen and oxygen atoms in total.